The first-order valence-corrected chi connectivity index (χ1v) is 10.1. The van der Waals surface area contributed by atoms with Gasteiger partial charge >= 0.3 is 23.9 Å². The largest absolute Gasteiger partial charge is 0.468 e. The molecule has 3 rings (SSSR count). The van der Waals surface area contributed by atoms with Gasteiger partial charge in [0, 0.05) is 10.8 Å². The van der Waals surface area contributed by atoms with E-state index in [1.54, 1.807) is 0 Å². The van der Waals surface area contributed by atoms with E-state index in [4.69, 9.17) is 18.9 Å². The van der Waals surface area contributed by atoms with Crippen molar-refractivity contribution in [1.82, 2.24) is 0 Å². The van der Waals surface area contributed by atoms with Crippen LogP contribution in [0.15, 0.2) is 0 Å². The Morgan fingerprint density at radius 2 is 0.839 bits per heavy atom. The van der Waals surface area contributed by atoms with E-state index in [0.29, 0.717) is 19.3 Å². The molecule has 3 saturated carbocycles. The third kappa shape index (κ3) is 2.69. The van der Waals surface area contributed by atoms with E-state index >= 15 is 0 Å². The Balaban J connectivity index is 2.47. The maximum absolute atomic E-state index is 13.6. The third-order valence-electron chi connectivity index (χ3n) is 7.49. The third-order valence-corrected chi connectivity index (χ3v) is 7.49. The summed E-state index contributed by atoms with van der Waals surface area (Å²) in [5, 5.41) is 0. The predicted octanol–water partition coefficient (Wildman–Crippen LogP) is 0.246. The van der Waals surface area contributed by atoms with Gasteiger partial charge in [0.05, 0.1) is 28.4 Å². The predicted molar refractivity (Wildman–Crippen MR) is 100.0 cm³/mol. The average molecular weight is 438 g/mol. The van der Waals surface area contributed by atoms with Crippen molar-refractivity contribution in [3.05, 3.63) is 0 Å². The van der Waals surface area contributed by atoms with E-state index < -0.39 is 69.9 Å². The summed E-state index contributed by atoms with van der Waals surface area (Å²) in [5.74, 6) is -11.9. The molecular weight excluding hydrogens is 412 g/mol. The Labute approximate surface area is 178 Å². The van der Waals surface area contributed by atoms with Gasteiger partial charge in [-0.1, -0.05) is 19.3 Å². The van der Waals surface area contributed by atoms with Gasteiger partial charge in [-0.3, -0.25) is 28.8 Å². The number of Topliss-reactive ketones (excluding diaryl/α,β-unsaturated/α-hetero) is 2. The number of carbonyl (C=O) groups excluding carboxylic acids is 6. The molecule has 0 aromatic rings. The van der Waals surface area contributed by atoms with Gasteiger partial charge in [-0.05, 0) is 12.8 Å². The van der Waals surface area contributed by atoms with E-state index in [2.05, 4.69) is 0 Å². The van der Waals surface area contributed by atoms with Gasteiger partial charge in [0.2, 0.25) is 0 Å². The van der Waals surface area contributed by atoms with Crippen LogP contribution in [0.3, 0.4) is 0 Å². The highest BCUT2D eigenvalue weighted by atomic mass is 16.5. The fourth-order valence-corrected chi connectivity index (χ4v) is 6.59. The molecule has 3 fully saturated rings. The van der Waals surface area contributed by atoms with Crippen molar-refractivity contribution < 1.29 is 47.7 Å². The van der Waals surface area contributed by atoms with Crippen LogP contribution in [0.2, 0.25) is 0 Å². The van der Waals surface area contributed by atoms with Gasteiger partial charge < -0.3 is 18.9 Å². The van der Waals surface area contributed by atoms with Gasteiger partial charge in [0.25, 0.3) is 0 Å². The lowest BCUT2D eigenvalue weighted by molar-refractivity contribution is -0.169. The van der Waals surface area contributed by atoms with Crippen molar-refractivity contribution in [3.8, 4) is 0 Å². The van der Waals surface area contributed by atoms with E-state index in [1.807, 2.05) is 0 Å². The number of esters is 4. The molecule has 0 aromatic carbocycles. The zero-order chi connectivity index (χ0) is 23.1. The molecule has 0 radical (unpaired) electrons. The number of methoxy groups -OCH3 is 4. The number of carbonyl (C=O) groups is 6. The quantitative estimate of drug-likeness (QED) is 0.341. The molecule has 10 nitrogen and oxygen atoms in total. The maximum Gasteiger partial charge on any atom is 0.316 e. The van der Waals surface area contributed by atoms with Crippen molar-refractivity contribution in [2.24, 2.45) is 34.5 Å². The van der Waals surface area contributed by atoms with Crippen LogP contribution < -0.4 is 0 Å². The second-order valence-electron chi connectivity index (χ2n) is 8.27. The van der Waals surface area contributed by atoms with Crippen LogP contribution >= 0.6 is 0 Å². The summed E-state index contributed by atoms with van der Waals surface area (Å²) in [6.07, 6.45) is 1.79. The van der Waals surface area contributed by atoms with Crippen molar-refractivity contribution in [2.75, 3.05) is 28.4 Å². The fourth-order valence-electron chi connectivity index (χ4n) is 6.59. The van der Waals surface area contributed by atoms with Crippen LogP contribution in [0.1, 0.15) is 32.1 Å². The van der Waals surface area contributed by atoms with Crippen LogP contribution in [-0.4, -0.2) is 63.9 Å². The Kier molecular flexibility index (Phi) is 5.94. The normalized spacial score (nSPS) is 36.6. The van der Waals surface area contributed by atoms with E-state index in [9.17, 15) is 28.8 Å². The monoisotopic (exact) mass is 438 g/mol. The lowest BCUT2D eigenvalue weighted by atomic mass is 9.54. The standard InChI is InChI=1S/C21H26O10/c1-28-16(24)10-14(22)11(17(25)29-2)21-9-7-5-6-8-20(10,21)12(18(26)30-3)15(23)13(21)19(27)31-4/h10-13H,5-9H2,1-4H3/t10-,11+,12+,13-,20?,21?. The second-order valence-corrected chi connectivity index (χ2v) is 8.27. The number of ketones is 2. The topological polar surface area (TPSA) is 139 Å². The minimum atomic E-state index is -1.66. The summed E-state index contributed by atoms with van der Waals surface area (Å²) < 4.78 is 19.5. The summed E-state index contributed by atoms with van der Waals surface area (Å²) >= 11 is 0. The first-order valence-electron chi connectivity index (χ1n) is 10.1. The first kappa shape index (κ1) is 22.9. The molecule has 0 aromatic heterocycles. The molecule has 31 heavy (non-hydrogen) atoms. The van der Waals surface area contributed by atoms with Crippen LogP contribution in [0, 0.1) is 34.5 Å². The Morgan fingerprint density at radius 1 is 0.581 bits per heavy atom. The molecule has 0 bridgehead atoms. The number of ether oxygens (including phenoxy) is 4. The molecule has 0 spiro atoms. The van der Waals surface area contributed by atoms with Crippen LogP contribution in [0.5, 0.6) is 0 Å². The lowest BCUT2D eigenvalue weighted by Crippen LogP contribution is -2.51. The number of hydrogen-bond donors (Lipinski definition) is 0. The molecule has 0 amide bonds. The van der Waals surface area contributed by atoms with Crippen LogP contribution in [0.4, 0.5) is 0 Å². The maximum atomic E-state index is 13.6. The van der Waals surface area contributed by atoms with Crippen LogP contribution in [-0.2, 0) is 47.7 Å². The van der Waals surface area contributed by atoms with Gasteiger partial charge in [0.1, 0.15) is 23.7 Å². The summed E-state index contributed by atoms with van der Waals surface area (Å²) in [6, 6.07) is 0. The summed E-state index contributed by atoms with van der Waals surface area (Å²) in [4.78, 5) is 78.8. The molecule has 170 valence electrons. The number of rotatable bonds is 4. The Hall–Kier alpha value is -2.78. The molecule has 3 aliphatic rings. The molecule has 10 heteroatoms. The molecule has 0 aliphatic heterocycles. The molecule has 2 unspecified atom stereocenters. The molecule has 0 saturated heterocycles. The van der Waals surface area contributed by atoms with Crippen LogP contribution in [0.25, 0.3) is 0 Å². The van der Waals surface area contributed by atoms with Gasteiger partial charge in [-0.2, -0.15) is 0 Å². The Morgan fingerprint density at radius 3 is 1.06 bits per heavy atom. The summed E-state index contributed by atoms with van der Waals surface area (Å²) in [7, 11) is 4.32. The molecule has 3 aliphatic carbocycles. The van der Waals surface area contributed by atoms with E-state index in [1.165, 1.54) is 0 Å². The van der Waals surface area contributed by atoms with E-state index in [-0.39, 0.29) is 12.8 Å². The van der Waals surface area contributed by atoms with Gasteiger partial charge in [0.15, 0.2) is 11.6 Å². The second kappa shape index (κ2) is 8.05. The zero-order valence-corrected chi connectivity index (χ0v) is 17.9. The van der Waals surface area contributed by atoms with Crippen molar-refractivity contribution >= 4 is 35.4 Å². The Bertz CT molecular complexity index is 723. The first-order chi connectivity index (χ1) is 14.7. The smallest absolute Gasteiger partial charge is 0.316 e. The highest BCUT2D eigenvalue weighted by molar-refractivity contribution is 6.20. The van der Waals surface area contributed by atoms with Crippen molar-refractivity contribution in [3.63, 3.8) is 0 Å². The highest BCUT2D eigenvalue weighted by Crippen LogP contribution is 2.74. The lowest BCUT2D eigenvalue weighted by Gasteiger charge is -2.45. The average Bonchev–Trinajstić information content (AvgIpc) is 2.98. The zero-order valence-electron chi connectivity index (χ0n) is 17.9. The summed E-state index contributed by atoms with van der Waals surface area (Å²) in [6.45, 7) is 0. The fraction of sp³-hybridized carbons (Fsp3) is 0.714. The SMILES string of the molecule is COC(=O)[C@@H]1C(=O)[C@H](C(=O)OC)C23CCCCCC12[C@@H](C(=O)OC)C(=O)[C@H]3C(=O)OC. The highest BCUT2D eigenvalue weighted by Gasteiger charge is 2.85. The van der Waals surface area contributed by atoms with Gasteiger partial charge in [-0.25, -0.2) is 0 Å². The minimum Gasteiger partial charge on any atom is -0.468 e. The van der Waals surface area contributed by atoms with Crippen molar-refractivity contribution in [2.45, 2.75) is 32.1 Å². The molecule has 6 atom stereocenters. The van der Waals surface area contributed by atoms with Gasteiger partial charge in [-0.15, -0.1) is 0 Å². The van der Waals surface area contributed by atoms with E-state index in [0.717, 1.165) is 28.4 Å². The molecular formula is C21H26O10. The molecule has 0 heterocycles. The number of hydrogen-bond acceptors (Lipinski definition) is 10. The molecule has 0 N–H and O–H groups in total. The minimum absolute atomic E-state index is 0.0883. The van der Waals surface area contributed by atoms with Crippen molar-refractivity contribution in [1.29, 1.82) is 0 Å². The summed E-state index contributed by atoms with van der Waals surface area (Å²) in [5.41, 5.74) is -3.31.